The van der Waals surface area contributed by atoms with Gasteiger partial charge >= 0.3 is 0 Å². The molecule has 0 saturated heterocycles. The van der Waals surface area contributed by atoms with Gasteiger partial charge in [0, 0.05) is 30.9 Å². The zero-order valence-corrected chi connectivity index (χ0v) is 19.0. The Hall–Kier alpha value is -4.14. The first-order valence-electron chi connectivity index (χ1n) is 11.5. The monoisotopic (exact) mass is 450 g/mol. The minimum absolute atomic E-state index is 0.918. The van der Waals surface area contributed by atoms with E-state index in [4.69, 9.17) is 4.42 Å². The second kappa shape index (κ2) is 6.69. The Bertz CT molecular complexity index is 2070. The van der Waals surface area contributed by atoms with Gasteiger partial charge < -0.3 is 4.42 Å². The largest absolute Gasteiger partial charge is 0.456 e. The Morgan fingerprint density at radius 2 is 1.18 bits per heavy atom. The van der Waals surface area contributed by atoms with Gasteiger partial charge in [0.15, 0.2) is 0 Å². The summed E-state index contributed by atoms with van der Waals surface area (Å²) >= 11 is 1.86. The van der Waals surface area contributed by atoms with E-state index < -0.39 is 0 Å². The minimum atomic E-state index is 0.918. The van der Waals surface area contributed by atoms with Crippen molar-refractivity contribution in [1.29, 1.82) is 0 Å². The third kappa shape index (κ3) is 2.43. The highest BCUT2D eigenvalue weighted by atomic mass is 32.1. The lowest BCUT2D eigenvalue weighted by atomic mass is 9.94. The fourth-order valence-corrected chi connectivity index (χ4v) is 6.71. The van der Waals surface area contributed by atoms with Crippen LogP contribution in [0.4, 0.5) is 0 Å². The van der Waals surface area contributed by atoms with Crippen molar-refractivity contribution in [3.05, 3.63) is 109 Å². The number of hydrogen-bond donors (Lipinski definition) is 0. The van der Waals surface area contributed by atoms with Gasteiger partial charge in [0.2, 0.25) is 0 Å². The zero-order valence-electron chi connectivity index (χ0n) is 18.2. The van der Waals surface area contributed by atoms with Crippen molar-refractivity contribution in [3.8, 4) is 11.1 Å². The maximum Gasteiger partial charge on any atom is 0.135 e. The molecule has 0 bridgehead atoms. The molecule has 0 aliphatic rings. The van der Waals surface area contributed by atoms with Gasteiger partial charge in [0.25, 0.3) is 0 Å². The van der Waals surface area contributed by atoms with E-state index in [0.717, 1.165) is 11.2 Å². The van der Waals surface area contributed by atoms with Crippen LogP contribution < -0.4 is 0 Å². The fourth-order valence-electron chi connectivity index (χ4n) is 5.56. The Labute approximate surface area is 199 Å². The molecule has 0 amide bonds. The third-order valence-corrected chi connectivity index (χ3v) is 8.20. The van der Waals surface area contributed by atoms with E-state index in [0.29, 0.717) is 0 Å². The topological polar surface area (TPSA) is 13.1 Å². The van der Waals surface area contributed by atoms with Crippen LogP contribution in [0.15, 0.2) is 114 Å². The Morgan fingerprint density at radius 1 is 0.471 bits per heavy atom. The first kappa shape index (κ1) is 18.3. The summed E-state index contributed by atoms with van der Waals surface area (Å²) in [5, 5.41) is 9.91. The van der Waals surface area contributed by atoms with Gasteiger partial charge in [0.05, 0.1) is 0 Å². The van der Waals surface area contributed by atoms with Crippen LogP contribution in [0.3, 0.4) is 0 Å². The number of rotatable bonds is 1. The van der Waals surface area contributed by atoms with E-state index in [1.165, 1.54) is 63.6 Å². The highest BCUT2D eigenvalue weighted by molar-refractivity contribution is 7.25. The Balaban J connectivity index is 1.50. The van der Waals surface area contributed by atoms with E-state index >= 15 is 0 Å². The second-order valence-corrected chi connectivity index (χ2v) is 9.99. The fraction of sp³-hybridized carbons (Fsp3) is 0. The Morgan fingerprint density at radius 3 is 2.12 bits per heavy atom. The lowest BCUT2D eigenvalue weighted by Crippen LogP contribution is -1.83. The highest BCUT2D eigenvalue weighted by Crippen LogP contribution is 2.41. The summed E-state index contributed by atoms with van der Waals surface area (Å²) in [4.78, 5) is 0. The molecule has 158 valence electrons. The predicted molar refractivity (Wildman–Crippen MR) is 147 cm³/mol. The molecule has 0 fully saturated rings. The lowest BCUT2D eigenvalue weighted by molar-refractivity contribution is 0.664. The molecular weight excluding hydrogens is 432 g/mol. The molecule has 2 heterocycles. The summed E-state index contributed by atoms with van der Waals surface area (Å²) in [6.07, 6.45) is 0. The van der Waals surface area contributed by atoms with Crippen LogP contribution >= 0.6 is 11.3 Å². The lowest BCUT2D eigenvalue weighted by Gasteiger charge is -2.09. The number of fused-ring (bicyclic) bond motifs is 4. The van der Waals surface area contributed by atoms with Gasteiger partial charge in [-0.15, -0.1) is 11.3 Å². The molecule has 8 rings (SSSR count). The van der Waals surface area contributed by atoms with E-state index in [-0.39, 0.29) is 0 Å². The molecule has 0 aliphatic carbocycles. The number of benzene rings is 6. The van der Waals surface area contributed by atoms with Gasteiger partial charge in [-0.2, -0.15) is 0 Å². The highest BCUT2D eigenvalue weighted by Gasteiger charge is 2.14. The summed E-state index contributed by atoms with van der Waals surface area (Å²) in [7, 11) is 0. The maximum atomic E-state index is 6.55. The predicted octanol–water partition coefficient (Wildman–Crippen LogP) is 9.93. The molecule has 2 aromatic heterocycles. The first-order valence-corrected chi connectivity index (χ1v) is 12.3. The normalized spacial score (nSPS) is 12.1. The molecule has 0 aliphatic heterocycles. The summed E-state index contributed by atoms with van der Waals surface area (Å²) in [5.74, 6) is 0. The van der Waals surface area contributed by atoms with Crippen molar-refractivity contribution in [2.75, 3.05) is 0 Å². The quantitative estimate of drug-likeness (QED) is 0.242. The van der Waals surface area contributed by atoms with Gasteiger partial charge in [-0.25, -0.2) is 0 Å². The van der Waals surface area contributed by atoms with E-state index in [1.807, 2.05) is 11.3 Å². The van der Waals surface area contributed by atoms with E-state index in [2.05, 4.69) is 109 Å². The standard InChI is InChI=1S/C32H18OS/c1-2-13-29-22(8-1)23-15-14-20(18-30(23)34-29)21-16-17-28-32-24(21)10-5-11-26(32)25-9-3-6-19-7-4-12-27(33-28)31(19)25/h1-18H. The van der Waals surface area contributed by atoms with Crippen molar-refractivity contribution in [2.24, 2.45) is 0 Å². The summed E-state index contributed by atoms with van der Waals surface area (Å²) in [5.41, 5.74) is 4.32. The SMILES string of the molecule is c1cc2cccc3c4cccc5c(-c6ccc7c(c6)sc6ccccc67)ccc(oc(c1)c23)c54. The van der Waals surface area contributed by atoms with Crippen LogP contribution in [-0.2, 0) is 0 Å². The van der Waals surface area contributed by atoms with Crippen molar-refractivity contribution in [1.82, 2.24) is 0 Å². The second-order valence-electron chi connectivity index (χ2n) is 8.91. The molecule has 8 aromatic rings. The summed E-state index contributed by atoms with van der Waals surface area (Å²) in [6, 6.07) is 39.4. The Kier molecular flexibility index (Phi) is 3.60. The molecule has 0 N–H and O–H groups in total. The van der Waals surface area contributed by atoms with Gasteiger partial charge in [0.1, 0.15) is 11.2 Å². The third-order valence-electron chi connectivity index (χ3n) is 7.07. The summed E-state index contributed by atoms with van der Waals surface area (Å²) in [6.45, 7) is 0. The molecule has 1 nitrogen and oxygen atoms in total. The van der Waals surface area contributed by atoms with E-state index in [1.54, 1.807) is 0 Å². The minimum Gasteiger partial charge on any atom is -0.456 e. The van der Waals surface area contributed by atoms with Gasteiger partial charge in [-0.3, -0.25) is 0 Å². The van der Waals surface area contributed by atoms with Crippen LogP contribution in [0.1, 0.15) is 0 Å². The molecule has 2 heteroatoms. The molecule has 0 spiro atoms. The van der Waals surface area contributed by atoms with Gasteiger partial charge in [-0.1, -0.05) is 84.9 Å². The van der Waals surface area contributed by atoms with Crippen molar-refractivity contribution in [3.63, 3.8) is 0 Å². The average molecular weight is 451 g/mol. The number of hydrogen-bond acceptors (Lipinski definition) is 2. The van der Waals surface area contributed by atoms with E-state index in [9.17, 15) is 0 Å². The molecule has 34 heavy (non-hydrogen) atoms. The average Bonchev–Trinajstić information content (AvgIpc) is 3.19. The maximum absolute atomic E-state index is 6.55. The molecular formula is C32H18OS. The van der Waals surface area contributed by atoms with Crippen LogP contribution in [-0.4, -0.2) is 0 Å². The molecule has 0 unspecified atom stereocenters. The van der Waals surface area contributed by atoms with Crippen LogP contribution in [0.5, 0.6) is 0 Å². The molecule has 6 aromatic carbocycles. The number of thiophene rings is 1. The summed E-state index contributed by atoms with van der Waals surface area (Å²) < 4.78 is 9.21. The zero-order chi connectivity index (χ0) is 22.2. The van der Waals surface area contributed by atoms with Crippen LogP contribution in [0.25, 0.3) is 74.8 Å². The van der Waals surface area contributed by atoms with Crippen molar-refractivity contribution < 1.29 is 4.42 Å². The van der Waals surface area contributed by atoms with Crippen molar-refractivity contribution in [2.45, 2.75) is 0 Å². The molecule has 0 radical (unpaired) electrons. The first-order chi connectivity index (χ1) is 16.8. The van der Waals surface area contributed by atoms with Crippen LogP contribution in [0.2, 0.25) is 0 Å². The van der Waals surface area contributed by atoms with Crippen molar-refractivity contribution >= 4 is 75.0 Å². The smallest absolute Gasteiger partial charge is 0.135 e. The molecule has 0 atom stereocenters. The van der Waals surface area contributed by atoms with Crippen LogP contribution in [0, 0.1) is 0 Å². The molecule has 0 saturated carbocycles. The van der Waals surface area contributed by atoms with Gasteiger partial charge in [-0.05, 0) is 56.9 Å².